The highest BCUT2D eigenvalue weighted by Gasteiger charge is 2.07. The normalized spacial score (nSPS) is 11.2. The molecule has 0 aliphatic carbocycles. The van der Waals surface area contributed by atoms with E-state index in [1.54, 1.807) is 0 Å². The van der Waals surface area contributed by atoms with E-state index in [1.807, 2.05) is 13.1 Å². The first kappa shape index (κ1) is 14.3. The van der Waals surface area contributed by atoms with Gasteiger partial charge in [0.2, 0.25) is 0 Å². The maximum absolute atomic E-state index is 13.2. The topological polar surface area (TPSA) is 17.0 Å². The molecule has 2 nitrogen and oxygen atoms in total. The summed E-state index contributed by atoms with van der Waals surface area (Å²) in [4.78, 5) is 0. The third-order valence-corrected chi connectivity index (χ3v) is 4.37. The molecule has 1 aromatic heterocycles. The van der Waals surface area contributed by atoms with E-state index in [2.05, 4.69) is 56.3 Å². The molecule has 1 heterocycles. The Morgan fingerprint density at radius 3 is 2.76 bits per heavy atom. The molecule has 0 aliphatic rings. The monoisotopic (exact) mass is 346 g/mol. The highest BCUT2D eigenvalue weighted by molar-refractivity contribution is 9.10. The smallest absolute Gasteiger partial charge is 0.124 e. The third-order valence-electron chi connectivity index (χ3n) is 3.63. The Balaban J connectivity index is 1.99. The summed E-state index contributed by atoms with van der Waals surface area (Å²) in [5.41, 5.74) is 3.54. The lowest BCUT2D eigenvalue weighted by Gasteiger charge is -2.09. The molecule has 3 rings (SSSR count). The van der Waals surface area contributed by atoms with Crippen molar-refractivity contribution < 1.29 is 4.39 Å². The van der Waals surface area contributed by atoms with Gasteiger partial charge in [0, 0.05) is 34.7 Å². The van der Waals surface area contributed by atoms with Gasteiger partial charge in [-0.25, -0.2) is 4.39 Å². The molecular weight excluding hydrogens is 331 g/mol. The van der Waals surface area contributed by atoms with Gasteiger partial charge in [-0.05, 0) is 42.4 Å². The molecule has 0 fully saturated rings. The maximum Gasteiger partial charge on any atom is 0.124 e. The Morgan fingerprint density at radius 1 is 1.14 bits per heavy atom. The predicted octanol–water partition coefficient (Wildman–Crippen LogP) is 4.31. The SMILES string of the molecule is CNCc1cccc2c1ccn2Cc1ccc(F)cc1Br. The zero-order valence-corrected chi connectivity index (χ0v) is 13.3. The van der Waals surface area contributed by atoms with E-state index >= 15 is 0 Å². The third kappa shape index (κ3) is 2.87. The lowest BCUT2D eigenvalue weighted by Crippen LogP contribution is -2.05. The molecule has 0 radical (unpaired) electrons. The minimum atomic E-state index is -0.223. The van der Waals surface area contributed by atoms with Crippen LogP contribution in [0.2, 0.25) is 0 Å². The van der Waals surface area contributed by atoms with Crippen molar-refractivity contribution in [2.75, 3.05) is 7.05 Å². The number of nitrogens with one attached hydrogen (secondary N) is 1. The number of fused-ring (bicyclic) bond motifs is 1. The van der Waals surface area contributed by atoms with Crippen LogP contribution in [0.1, 0.15) is 11.1 Å². The van der Waals surface area contributed by atoms with Crippen LogP contribution in [-0.4, -0.2) is 11.6 Å². The van der Waals surface area contributed by atoms with Crippen molar-refractivity contribution >= 4 is 26.8 Å². The molecule has 0 amide bonds. The van der Waals surface area contributed by atoms with Crippen LogP contribution in [0, 0.1) is 5.82 Å². The standard InChI is InChI=1S/C17H16BrFN2/c1-20-10-12-3-2-4-17-15(12)7-8-21(17)11-13-5-6-14(19)9-16(13)18/h2-9,20H,10-11H2,1H3. The van der Waals surface area contributed by atoms with Gasteiger partial charge in [-0.1, -0.05) is 34.1 Å². The number of nitrogens with zero attached hydrogens (tertiary/aromatic N) is 1. The van der Waals surface area contributed by atoms with Crippen molar-refractivity contribution in [3.8, 4) is 0 Å². The molecule has 0 saturated heterocycles. The van der Waals surface area contributed by atoms with Gasteiger partial charge in [0.25, 0.3) is 0 Å². The molecule has 0 unspecified atom stereocenters. The molecule has 0 spiro atoms. The number of aromatic nitrogens is 1. The van der Waals surface area contributed by atoms with Crippen LogP contribution in [-0.2, 0) is 13.1 Å². The molecule has 21 heavy (non-hydrogen) atoms. The van der Waals surface area contributed by atoms with Crippen LogP contribution in [0.4, 0.5) is 4.39 Å². The second-order valence-electron chi connectivity index (χ2n) is 5.06. The number of hydrogen-bond acceptors (Lipinski definition) is 1. The lowest BCUT2D eigenvalue weighted by molar-refractivity contribution is 0.625. The number of benzene rings is 2. The Kier molecular flexibility index (Phi) is 4.08. The number of halogens is 2. The number of rotatable bonds is 4. The fourth-order valence-corrected chi connectivity index (χ4v) is 3.08. The van der Waals surface area contributed by atoms with Crippen LogP contribution in [0.15, 0.2) is 53.1 Å². The highest BCUT2D eigenvalue weighted by atomic mass is 79.9. The zero-order valence-electron chi connectivity index (χ0n) is 11.7. The van der Waals surface area contributed by atoms with Gasteiger partial charge in [0.1, 0.15) is 5.82 Å². The largest absolute Gasteiger partial charge is 0.343 e. The Hall–Kier alpha value is -1.65. The summed E-state index contributed by atoms with van der Waals surface area (Å²) in [6.45, 7) is 1.56. The van der Waals surface area contributed by atoms with E-state index < -0.39 is 0 Å². The summed E-state index contributed by atoms with van der Waals surface area (Å²) in [7, 11) is 1.95. The van der Waals surface area contributed by atoms with Gasteiger partial charge in [-0.3, -0.25) is 0 Å². The van der Waals surface area contributed by atoms with Crippen LogP contribution < -0.4 is 5.32 Å². The summed E-state index contributed by atoms with van der Waals surface area (Å²) in [6, 6.07) is 13.3. The average molecular weight is 347 g/mol. The molecular formula is C17H16BrFN2. The summed E-state index contributed by atoms with van der Waals surface area (Å²) in [5.74, 6) is -0.223. The summed E-state index contributed by atoms with van der Waals surface area (Å²) in [5, 5.41) is 4.45. The van der Waals surface area contributed by atoms with Gasteiger partial charge < -0.3 is 9.88 Å². The molecule has 3 aromatic rings. The molecule has 0 aliphatic heterocycles. The van der Waals surface area contributed by atoms with Gasteiger partial charge in [-0.2, -0.15) is 0 Å². The Labute approximate surface area is 131 Å². The second kappa shape index (κ2) is 6.00. The highest BCUT2D eigenvalue weighted by Crippen LogP contribution is 2.24. The van der Waals surface area contributed by atoms with Crippen molar-refractivity contribution in [2.24, 2.45) is 0 Å². The van der Waals surface area contributed by atoms with E-state index in [1.165, 1.54) is 28.6 Å². The summed E-state index contributed by atoms with van der Waals surface area (Å²) >= 11 is 3.43. The van der Waals surface area contributed by atoms with E-state index in [-0.39, 0.29) is 5.82 Å². The average Bonchev–Trinajstić information content (AvgIpc) is 2.87. The van der Waals surface area contributed by atoms with Gasteiger partial charge >= 0.3 is 0 Å². The molecule has 1 N–H and O–H groups in total. The van der Waals surface area contributed by atoms with Crippen molar-refractivity contribution in [3.63, 3.8) is 0 Å². The maximum atomic E-state index is 13.2. The van der Waals surface area contributed by atoms with E-state index in [0.29, 0.717) is 6.54 Å². The zero-order chi connectivity index (χ0) is 14.8. The molecule has 4 heteroatoms. The first-order valence-electron chi connectivity index (χ1n) is 6.84. The van der Waals surface area contributed by atoms with Gasteiger partial charge in [0.05, 0.1) is 0 Å². The van der Waals surface area contributed by atoms with Crippen molar-refractivity contribution in [2.45, 2.75) is 13.1 Å². The minimum Gasteiger partial charge on any atom is -0.343 e. The van der Waals surface area contributed by atoms with Crippen LogP contribution in [0.3, 0.4) is 0 Å². The molecule has 2 aromatic carbocycles. The summed E-state index contributed by atoms with van der Waals surface area (Å²) in [6.07, 6.45) is 2.08. The van der Waals surface area contributed by atoms with E-state index in [4.69, 9.17) is 0 Å². The van der Waals surface area contributed by atoms with Crippen molar-refractivity contribution in [1.29, 1.82) is 0 Å². The van der Waals surface area contributed by atoms with Gasteiger partial charge in [-0.15, -0.1) is 0 Å². The Morgan fingerprint density at radius 2 is 2.00 bits per heavy atom. The predicted molar refractivity (Wildman–Crippen MR) is 87.9 cm³/mol. The molecule has 0 atom stereocenters. The lowest BCUT2D eigenvalue weighted by atomic mass is 10.1. The molecule has 0 saturated carbocycles. The quantitative estimate of drug-likeness (QED) is 0.744. The Bertz CT molecular complexity index is 780. The molecule has 0 bridgehead atoms. The number of hydrogen-bond donors (Lipinski definition) is 1. The fourth-order valence-electron chi connectivity index (χ4n) is 2.60. The van der Waals surface area contributed by atoms with Crippen LogP contribution in [0.5, 0.6) is 0 Å². The summed E-state index contributed by atoms with van der Waals surface area (Å²) < 4.78 is 16.2. The minimum absolute atomic E-state index is 0.223. The van der Waals surface area contributed by atoms with Crippen molar-refractivity contribution in [1.82, 2.24) is 9.88 Å². The second-order valence-corrected chi connectivity index (χ2v) is 5.91. The van der Waals surface area contributed by atoms with Crippen LogP contribution in [0.25, 0.3) is 10.9 Å². The first-order chi connectivity index (χ1) is 10.2. The van der Waals surface area contributed by atoms with E-state index in [9.17, 15) is 4.39 Å². The van der Waals surface area contributed by atoms with Gasteiger partial charge in [0.15, 0.2) is 0 Å². The first-order valence-corrected chi connectivity index (χ1v) is 7.63. The molecule has 108 valence electrons. The van der Waals surface area contributed by atoms with Crippen LogP contribution >= 0.6 is 15.9 Å². The van der Waals surface area contributed by atoms with Crippen molar-refractivity contribution in [3.05, 3.63) is 70.1 Å². The van der Waals surface area contributed by atoms with E-state index in [0.717, 1.165) is 16.6 Å². The fraction of sp³-hybridized carbons (Fsp3) is 0.176.